The van der Waals surface area contributed by atoms with Gasteiger partial charge in [0.25, 0.3) is 0 Å². The van der Waals surface area contributed by atoms with Crippen LogP contribution in [0.25, 0.3) is 0 Å². The molecule has 0 fully saturated rings. The van der Waals surface area contributed by atoms with Crippen molar-refractivity contribution < 1.29 is 4.74 Å². The smallest absolute Gasteiger partial charge is 0.323 e. The third-order valence-corrected chi connectivity index (χ3v) is 1.78. The maximum Gasteiger partial charge on any atom is 0.323 e. The van der Waals surface area contributed by atoms with Crippen LogP contribution >= 0.6 is 0 Å². The fourth-order valence-corrected chi connectivity index (χ4v) is 0.937. The molecule has 0 radical (unpaired) electrons. The Morgan fingerprint density at radius 2 is 2.00 bits per heavy atom. The van der Waals surface area contributed by atoms with E-state index >= 15 is 0 Å². The Balaban J connectivity index is 2.94. The normalized spacial score (nSPS) is 10.5. The number of nitrogens with zero attached hydrogens (tertiary/aromatic N) is 4. The Hall–Kier alpha value is -1.59. The van der Waals surface area contributed by atoms with Gasteiger partial charge in [0.05, 0.1) is 6.10 Å². The summed E-state index contributed by atoms with van der Waals surface area (Å²) >= 11 is 0. The molecule has 15 heavy (non-hydrogen) atoms. The van der Waals surface area contributed by atoms with Gasteiger partial charge in [0.15, 0.2) is 0 Å². The quantitative estimate of drug-likeness (QED) is 0.789. The van der Waals surface area contributed by atoms with Gasteiger partial charge < -0.3 is 15.4 Å². The predicted octanol–water partition coefficient (Wildman–Crippen LogP) is 0.697. The number of aromatic nitrogens is 3. The molecule has 0 aliphatic rings. The zero-order valence-corrected chi connectivity index (χ0v) is 9.56. The lowest BCUT2D eigenvalue weighted by Crippen LogP contribution is -2.21. The highest BCUT2D eigenvalue weighted by molar-refractivity contribution is 5.34. The third-order valence-electron chi connectivity index (χ3n) is 1.78. The number of hydrogen-bond acceptors (Lipinski definition) is 6. The van der Waals surface area contributed by atoms with Crippen LogP contribution in [0.4, 0.5) is 11.9 Å². The van der Waals surface area contributed by atoms with Gasteiger partial charge in [-0.2, -0.15) is 15.0 Å². The second-order valence-electron chi connectivity index (χ2n) is 3.46. The van der Waals surface area contributed by atoms with E-state index in [9.17, 15) is 0 Å². The fourth-order valence-electron chi connectivity index (χ4n) is 0.937. The van der Waals surface area contributed by atoms with Gasteiger partial charge in [0.1, 0.15) is 0 Å². The van der Waals surface area contributed by atoms with E-state index in [1.54, 1.807) is 0 Å². The first-order chi connectivity index (χ1) is 7.02. The molecule has 0 aliphatic heterocycles. The fraction of sp³-hybridized carbons (Fsp3) is 0.667. The second-order valence-corrected chi connectivity index (χ2v) is 3.46. The second kappa shape index (κ2) is 4.77. The molecule has 84 valence electrons. The van der Waals surface area contributed by atoms with E-state index in [4.69, 9.17) is 10.5 Å². The van der Waals surface area contributed by atoms with Crippen molar-refractivity contribution in [3.8, 4) is 6.01 Å². The highest BCUT2D eigenvalue weighted by Crippen LogP contribution is 2.12. The first kappa shape index (κ1) is 11.5. The molecular weight excluding hydrogens is 194 g/mol. The van der Waals surface area contributed by atoms with Crippen molar-refractivity contribution in [2.24, 2.45) is 0 Å². The van der Waals surface area contributed by atoms with Crippen LogP contribution in [0.5, 0.6) is 6.01 Å². The van der Waals surface area contributed by atoms with Crippen LogP contribution in [0.15, 0.2) is 0 Å². The molecule has 0 saturated heterocycles. The topological polar surface area (TPSA) is 77.2 Å². The van der Waals surface area contributed by atoms with E-state index in [1.165, 1.54) is 0 Å². The molecule has 6 nitrogen and oxygen atoms in total. The molecule has 0 aliphatic carbocycles. The van der Waals surface area contributed by atoms with Crippen molar-refractivity contribution in [1.82, 2.24) is 15.0 Å². The maximum atomic E-state index is 5.56. The van der Waals surface area contributed by atoms with Gasteiger partial charge >= 0.3 is 6.01 Å². The standard InChI is InChI=1S/C9H17N5O/c1-5-14(4)8-11-7(10)12-9(13-8)15-6(2)3/h6H,5H2,1-4H3,(H2,10,11,12,13). The van der Waals surface area contributed by atoms with Crippen LogP contribution in [0.2, 0.25) is 0 Å². The summed E-state index contributed by atoms with van der Waals surface area (Å²) in [7, 11) is 1.88. The van der Waals surface area contributed by atoms with Crippen molar-refractivity contribution in [3.63, 3.8) is 0 Å². The molecule has 1 aromatic heterocycles. The Morgan fingerprint density at radius 1 is 1.33 bits per heavy atom. The number of nitrogens with two attached hydrogens (primary N) is 1. The van der Waals surface area contributed by atoms with Crippen LogP contribution in [-0.2, 0) is 0 Å². The van der Waals surface area contributed by atoms with Crippen molar-refractivity contribution in [2.45, 2.75) is 26.9 Å². The van der Waals surface area contributed by atoms with Crippen molar-refractivity contribution in [3.05, 3.63) is 0 Å². The number of nitrogen functional groups attached to an aromatic ring is 1. The summed E-state index contributed by atoms with van der Waals surface area (Å²) < 4.78 is 5.36. The Bertz CT molecular complexity index is 328. The number of hydrogen-bond donors (Lipinski definition) is 1. The van der Waals surface area contributed by atoms with Crippen LogP contribution in [0.3, 0.4) is 0 Å². The third kappa shape index (κ3) is 3.23. The first-order valence-electron chi connectivity index (χ1n) is 4.92. The van der Waals surface area contributed by atoms with Crippen LogP contribution in [-0.4, -0.2) is 34.6 Å². The average molecular weight is 211 g/mol. The van der Waals surface area contributed by atoms with E-state index in [0.29, 0.717) is 5.95 Å². The van der Waals surface area contributed by atoms with Crippen LogP contribution in [0, 0.1) is 0 Å². The molecule has 0 spiro atoms. The zero-order valence-electron chi connectivity index (χ0n) is 9.56. The highest BCUT2D eigenvalue weighted by atomic mass is 16.5. The predicted molar refractivity (Wildman–Crippen MR) is 58.9 cm³/mol. The van der Waals surface area contributed by atoms with Crippen LogP contribution in [0.1, 0.15) is 20.8 Å². The summed E-state index contributed by atoms with van der Waals surface area (Å²) in [5.74, 6) is 0.705. The summed E-state index contributed by atoms with van der Waals surface area (Å²) in [4.78, 5) is 13.9. The minimum absolute atomic E-state index is 0.0200. The Labute approximate surface area is 89.5 Å². The number of rotatable bonds is 4. The minimum Gasteiger partial charge on any atom is -0.461 e. The number of ether oxygens (including phenoxy) is 1. The van der Waals surface area contributed by atoms with Gasteiger partial charge in [-0.3, -0.25) is 0 Å². The molecule has 0 saturated carbocycles. The summed E-state index contributed by atoms with van der Waals surface area (Å²) in [5.41, 5.74) is 5.56. The highest BCUT2D eigenvalue weighted by Gasteiger charge is 2.09. The molecule has 1 heterocycles. The van der Waals surface area contributed by atoms with Crippen LogP contribution < -0.4 is 15.4 Å². The van der Waals surface area contributed by atoms with E-state index in [1.807, 2.05) is 32.7 Å². The molecule has 0 amide bonds. The van der Waals surface area contributed by atoms with E-state index in [0.717, 1.165) is 6.54 Å². The van der Waals surface area contributed by atoms with E-state index in [-0.39, 0.29) is 18.1 Å². The molecule has 2 N–H and O–H groups in total. The lowest BCUT2D eigenvalue weighted by atomic mass is 10.5. The van der Waals surface area contributed by atoms with Gasteiger partial charge in [-0.1, -0.05) is 0 Å². The molecule has 0 atom stereocenters. The molecular formula is C9H17N5O. The van der Waals surface area contributed by atoms with Gasteiger partial charge in [0, 0.05) is 13.6 Å². The first-order valence-corrected chi connectivity index (χ1v) is 4.92. The molecule has 6 heteroatoms. The monoisotopic (exact) mass is 211 g/mol. The average Bonchev–Trinajstić information content (AvgIpc) is 2.14. The minimum atomic E-state index is 0.0200. The summed E-state index contributed by atoms with van der Waals surface area (Å²) in [6.45, 7) is 6.61. The molecule has 0 bridgehead atoms. The summed E-state index contributed by atoms with van der Waals surface area (Å²) in [6, 6.07) is 0.271. The summed E-state index contributed by atoms with van der Waals surface area (Å²) in [6.07, 6.45) is 0.0200. The van der Waals surface area contributed by atoms with Crippen molar-refractivity contribution in [2.75, 3.05) is 24.2 Å². The Morgan fingerprint density at radius 3 is 2.53 bits per heavy atom. The van der Waals surface area contributed by atoms with Gasteiger partial charge in [-0.15, -0.1) is 0 Å². The number of anilines is 2. The van der Waals surface area contributed by atoms with Crippen molar-refractivity contribution in [1.29, 1.82) is 0 Å². The van der Waals surface area contributed by atoms with Gasteiger partial charge in [-0.25, -0.2) is 0 Å². The zero-order chi connectivity index (χ0) is 11.4. The van der Waals surface area contributed by atoms with E-state index < -0.39 is 0 Å². The lowest BCUT2D eigenvalue weighted by molar-refractivity contribution is 0.222. The van der Waals surface area contributed by atoms with Gasteiger partial charge in [-0.05, 0) is 20.8 Å². The SMILES string of the molecule is CCN(C)c1nc(N)nc(OC(C)C)n1. The maximum absolute atomic E-state index is 5.56. The van der Waals surface area contributed by atoms with E-state index in [2.05, 4.69) is 15.0 Å². The molecule has 0 unspecified atom stereocenters. The summed E-state index contributed by atoms with van der Waals surface area (Å²) in [5, 5.41) is 0. The lowest BCUT2D eigenvalue weighted by Gasteiger charge is -2.15. The Kier molecular flexibility index (Phi) is 3.65. The molecule has 1 rings (SSSR count). The van der Waals surface area contributed by atoms with Crippen molar-refractivity contribution >= 4 is 11.9 Å². The molecule has 0 aromatic carbocycles. The largest absolute Gasteiger partial charge is 0.461 e. The molecule has 1 aromatic rings. The van der Waals surface area contributed by atoms with Gasteiger partial charge in [0.2, 0.25) is 11.9 Å².